The number of nitrogens with one attached hydrogen (secondary N) is 2. The summed E-state index contributed by atoms with van der Waals surface area (Å²) in [5.41, 5.74) is 8.39. The summed E-state index contributed by atoms with van der Waals surface area (Å²) < 4.78 is 0. The zero-order valence-corrected chi connectivity index (χ0v) is 13.4. The molecule has 4 N–H and O–H groups in total. The van der Waals surface area contributed by atoms with Crippen LogP contribution in [0.25, 0.3) is 11.0 Å². The monoisotopic (exact) mass is 300 g/mol. The van der Waals surface area contributed by atoms with Gasteiger partial charge in [0.2, 0.25) is 5.91 Å². The summed E-state index contributed by atoms with van der Waals surface area (Å²) >= 11 is 0. The van der Waals surface area contributed by atoms with Crippen LogP contribution in [0.2, 0.25) is 0 Å². The summed E-state index contributed by atoms with van der Waals surface area (Å²) in [7, 11) is 0. The predicted molar refractivity (Wildman–Crippen MR) is 88.7 cm³/mol. The van der Waals surface area contributed by atoms with Gasteiger partial charge in [-0.3, -0.25) is 4.79 Å². The molecular weight excluding hydrogens is 276 g/mol. The molecule has 5 nitrogen and oxygen atoms in total. The molecule has 1 amide bonds. The number of imidazole rings is 1. The van der Waals surface area contributed by atoms with E-state index in [-0.39, 0.29) is 11.3 Å². The number of aromatic nitrogens is 2. The van der Waals surface area contributed by atoms with Crippen molar-refractivity contribution in [3.05, 3.63) is 24.0 Å². The molecule has 3 rings (SSSR count). The number of fused-ring (bicyclic) bond motifs is 1. The molecule has 0 aliphatic heterocycles. The fourth-order valence-corrected chi connectivity index (χ4v) is 2.60. The van der Waals surface area contributed by atoms with Gasteiger partial charge in [0, 0.05) is 11.6 Å². The highest BCUT2D eigenvalue weighted by atomic mass is 16.2. The topological polar surface area (TPSA) is 83.8 Å². The van der Waals surface area contributed by atoms with Crippen molar-refractivity contribution in [3.8, 4) is 0 Å². The molecule has 22 heavy (non-hydrogen) atoms. The van der Waals surface area contributed by atoms with Crippen LogP contribution < -0.4 is 11.1 Å². The van der Waals surface area contributed by atoms with Gasteiger partial charge in [0.1, 0.15) is 5.82 Å². The third-order valence-corrected chi connectivity index (χ3v) is 4.48. The standard InChI is InChI=1S/C17H24N4O/c1-17(2,3)14(18)16(22)19-11-7-8-12-13(9-11)21-15(20-12)10-5-4-6-10/h7-10,14H,4-6,18H2,1-3H3,(H,19,22)(H,20,21)/t14-/m1/s1. The van der Waals surface area contributed by atoms with Crippen molar-refractivity contribution >= 4 is 22.6 Å². The number of nitrogens with two attached hydrogens (primary N) is 1. The molecule has 1 aliphatic carbocycles. The van der Waals surface area contributed by atoms with Crippen LogP contribution in [0.3, 0.4) is 0 Å². The Balaban J connectivity index is 1.78. The smallest absolute Gasteiger partial charge is 0.241 e. The molecular formula is C17H24N4O. The second-order valence-electron chi connectivity index (χ2n) is 7.31. The van der Waals surface area contributed by atoms with Crippen LogP contribution in [0, 0.1) is 5.41 Å². The van der Waals surface area contributed by atoms with Crippen LogP contribution in [0.5, 0.6) is 0 Å². The lowest BCUT2D eigenvalue weighted by atomic mass is 9.85. The second-order valence-corrected chi connectivity index (χ2v) is 7.31. The third kappa shape index (κ3) is 2.86. The zero-order valence-electron chi connectivity index (χ0n) is 13.4. The molecule has 1 aromatic heterocycles. The zero-order chi connectivity index (χ0) is 15.9. The highest BCUT2D eigenvalue weighted by Gasteiger charge is 2.27. The number of benzene rings is 1. The number of amides is 1. The lowest BCUT2D eigenvalue weighted by Gasteiger charge is -2.25. The van der Waals surface area contributed by atoms with Gasteiger partial charge < -0.3 is 16.0 Å². The van der Waals surface area contributed by atoms with E-state index < -0.39 is 6.04 Å². The first-order chi connectivity index (χ1) is 10.3. The molecule has 1 fully saturated rings. The van der Waals surface area contributed by atoms with Gasteiger partial charge in [-0.15, -0.1) is 0 Å². The fraction of sp³-hybridized carbons (Fsp3) is 0.529. The van der Waals surface area contributed by atoms with Crippen molar-refractivity contribution < 1.29 is 4.79 Å². The predicted octanol–water partition coefficient (Wildman–Crippen LogP) is 3.14. The molecule has 0 bridgehead atoms. The number of H-pyrrole nitrogens is 1. The lowest BCUT2D eigenvalue weighted by molar-refractivity contribution is -0.119. The Labute approximate surface area is 130 Å². The highest BCUT2D eigenvalue weighted by molar-refractivity contribution is 5.96. The molecule has 0 saturated heterocycles. The van der Waals surface area contributed by atoms with Crippen LogP contribution >= 0.6 is 0 Å². The van der Waals surface area contributed by atoms with Crippen LogP contribution in [0.4, 0.5) is 5.69 Å². The lowest BCUT2D eigenvalue weighted by Crippen LogP contribution is -2.45. The first-order valence-corrected chi connectivity index (χ1v) is 7.91. The summed E-state index contributed by atoms with van der Waals surface area (Å²) in [5, 5.41) is 2.90. The molecule has 1 saturated carbocycles. The second kappa shape index (κ2) is 5.39. The Hall–Kier alpha value is -1.88. The molecule has 0 spiro atoms. The number of rotatable bonds is 3. The maximum absolute atomic E-state index is 12.2. The van der Waals surface area contributed by atoms with E-state index in [9.17, 15) is 4.79 Å². The van der Waals surface area contributed by atoms with E-state index in [1.165, 1.54) is 19.3 Å². The number of anilines is 1. The molecule has 1 atom stereocenters. The molecule has 0 radical (unpaired) electrons. The first kappa shape index (κ1) is 15.0. The largest absolute Gasteiger partial charge is 0.342 e. The summed E-state index contributed by atoms with van der Waals surface area (Å²) in [5.74, 6) is 1.47. The van der Waals surface area contributed by atoms with Crippen molar-refractivity contribution in [1.82, 2.24) is 9.97 Å². The van der Waals surface area contributed by atoms with Crippen molar-refractivity contribution in [2.45, 2.75) is 52.0 Å². The normalized spacial score (nSPS) is 17.3. The van der Waals surface area contributed by atoms with Gasteiger partial charge >= 0.3 is 0 Å². The van der Waals surface area contributed by atoms with Gasteiger partial charge in [-0.2, -0.15) is 0 Å². The molecule has 0 unspecified atom stereocenters. The highest BCUT2D eigenvalue weighted by Crippen LogP contribution is 2.35. The Morgan fingerprint density at radius 2 is 2.14 bits per heavy atom. The van der Waals surface area contributed by atoms with E-state index in [1.807, 2.05) is 39.0 Å². The molecule has 118 valence electrons. The fourth-order valence-electron chi connectivity index (χ4n) is 2.60. The number of nitrogens with zero attached hydrogens (tertiary/aromatic N) is 1. The Morgan fingerprint density at radius 1 is 1.41 bits per heavy atom. The SMILES string of the molecule is CC(C)(C)[C@H](N)C(=O)Nc1ccc2nc(C3CCC3)[nH]c2c1. The Kier molecular flexibility index (Phi) is 3.68. The maximum Gasteiger partial charge on any atom is 0.241 e. The number of carbonyl (C=O) groups excluding carboxylic acids is 1. The Morgan fingerprint density at radius 3 is 2.73 bits per heavy atom. The van der Waals surface area contributed by atoms with Crippen LogP contribution in [-0.2, 0) is 4.79 Å². The van der Waals surface area contributed by atoms with E-state index in [4.69, 9.17) is 5.73 Å². The molecule has 1 aliphatic rings. The summed E-state index contributed by atoms with van der Waals surface area (Å²) in [6.07, 6.45) is 3.71. The minimum Gasteiger partial charge on any atom is -0.342 e. The number of hydrogen-bond donors (Lipinski definition) is 3. The van der Waals surface area contributed by atoms with E-state index >= 15 is 0 Å². The number of aromatic amines is 1. The van der Waals surface area contributed by atoms with Crippen molar-refractivity contribution in [3.63, 3.8) is 0 Å². The molecule has 1 heterocycles. The average molecular weight is 300 g/mol. The maximum atomic E-state index is 12.2. The van der Waals surface area contributed by atoms with Crippen LogP contribution in [0.15, 0.2) is 18.2 Å². The van der Waals surface area contributed by atoms with Gasteiger partial charge in [0.05, 0.1) is 17.1 Å². The molecule has 5 heteroatoms. The van der Waals surface area contributed by atoms with Crippen molar-refractivity contribution in [1.29, 1.82) is 0 Å². The molecule has 2 aromatic rings. The van der Waals surface area contributed by atoms with Crippen LogP contribution in [0.1, 0.15) is 51.8 Å². The van der Waals surface area contributed by atoms with E-state index in [1.54, 1.807) is 0 Å². The van der Waals surface area contributed by atoms with Gasteiger partial charge in [0.15, 0.2) is 0 Å². The minimum atomic E-state index is -0.546. The van der Waals surface area contributed by atoms with E-state index in [2.05, 4.69) is 15.3 Å². The van der Waals surface area contributed by atoms with Gasteiger partial charge in [0.25, 0.3) is 0 Å². The van der Waals surface area contributed by atoms with Gasteiger partial charge in [-0.1, -0.05) is 27.2 Å². The first-order valence-electron chi connectivity index (χ1n) is 7.91. The quantitative estimate of drug-likeness (QED) is 0.814. The summed E-state index contributed by atoms with van der Waals surface area (Å²) in [4.78, 5) is 20.2. The molecule has 1 aromatic carbocycles. The van der Waals surface area contributed by atoms with Crippen LogP contribution in [-0.4, -0.2) is 21.9 Å². The van der Waals surface area contributed by atoms with Crippen molar-refractivity contribution in [2.75, 3.05) is 5.32 Å². The minimum absolute atomic E-state index is 0.161. The average Bonchev–Trinajstić information content (AvgIpc) is 2.76. The van der Waals surface area contributed by atoms with Gasteiger partial charge in [-0.05, 0) is 36.5 Å². The Bertz CT molecular complexity index is 694. The summed E-state index contributed by atoms with van der Waals surface area (Å²) in [6, 6.07) is 5.20. The third-order valence-electron chi connectivity index (χ3n) is 4.48. The van der Waals surface area contributed by atoms with E-state index in [0.717, 1.165) is 22.5 Å². The van der Waals surface area contributed by atoms with E-state index in [0.29, 0.717) is 5.92 Å². The van der Waals surface area contributed by atoms with Gasteiger partial charge in [-0.25, -0.2) is 4.98 Å². The van der Waals surface area contributed by atoms with Crippen molar-refractivity contribution in [2.24, 2.45) is 11.1 Å². The number of carbonyl (C=O) groups is 1. The number of hydrogen-bond acceptors (Lipinski definition) is 3. The summed E-state index contributed by atoms with van der Waals surface area (Å²) in [6.45, 7) is 5.88.